The second-order valence-corrected chi connectivity index (χ2v) is 5.68. The minimum atomic E-state index is 0.534. The second-order valence-electron chi connectivity index (χ2n) is 4.88. The van der Waals surface area contributed by atoms with Crippen LogP contribution in [0.3, 0.4) is 0 Å². The lowest BCUT2D eigenvalue weighted by atomic mass is 10.1. The average Bonchev–Trinajstić information content (AvgIpc) is 2.59. The van der Waals surface area contributed by atoms with Crippen LogP contribution in [0.1, 0.15) is 0 Å². The van der Waals surface area contributed by atoms with Crippen molar-refractivity contribution in [2.75, 3.05) is 51.6 Å². The van der Waals surface area contributed by atoms with Gasteiger partial charge in [0.2, 0.25) is 0 Å². The molecular formula is C18H23BrO4. The first kappa shape index (κ1) is 18.2. The van der Waals surface area contributed by atoms with Gasteiger partial charge in [0.25, 0.3) is 0 Å². The van der Waals surface area contributed by atoms with E-state index >= 15 is 0 Å². The molecule has 0 aromatic heterocycles. The first-order valence-corrected chi connectivity index (χ1v) is 8.93. The molecule has 23 heavy (non-hydrogen) atoms. The van der Waals surface area contributed by atoms with Crippen LogP contribution in [-0.4, -0.2) is 51.6 Å². The van der Waals surface area contributed by atoms with Gasteiger partial charge in [-0.2, -0.15) is 0 Å². The van der Waals surface area contributed by atoms with Crippen LogP contribution in [0.25, 0.3) is 10.8 Å². The minimum Gasteiger partial charge on any atom is -0.491 e. The molecule has 4 nitrogen and oxygen atoms in total. The van der Waals surface area contributed by atoms with Crippen molar-refractivity contribution < 1.29 is 18.9 Å². The van der Waals surface area contributed by atoms with Crippen LogP contribution in [-0.2, 0) is 14.2 Å². The van der Waals surface area contributed by atoms with Crippen molar-refractivity contribution in [3.8, 4) is 5.75 Å². The summed E-state index contributed by atoms with van der Waals surface area (Å²) in [5.74, 6) is 0.868. The van der Waals surface area contributed by atoms with Crippen molar-refractivity contribution in [1.29, 1.82) is 0 Å². The second kappa shape index (κ2) is 11.4. The fraction of sp³-hybridized carbons (Fsp3) is 0.444. The SMILES string of the molecule is BrCCOCCOCCOCCOc1ccc2ccccc2c1. The Morgan fingerprint density at radius 3 is 1.96 bits per heavy atom. The van der Waals surface area contributed by atoms with E-state index in [2.05, 4.69) is 34.1 Å². The lowest BCUT2D eigenvalue weighted by molar-refractivity contribution is 0.0119. The molecule has 0 radical (unpaired) electrons. The molecule has 2 rings (SSSR count). The van der Waals surface area contributed by atoms with E-state index in [1.165, 1.54) is 10.8 Å². The van der Waals surface area contributed by atoms with Crippen LogP contribution in [0, 0.1) is 0 Å². The molecule has 0 bridgehead atoms. The van der Waals surface area contributed by atoms with Crippen molar-refractivity contribution >= 4 is 26.7 Å². The Balaban J connectivity index is 1.50. The van der Waals surface area contributed by atoms with Crippen molar-refractivity contribution in [2.24, 2.45) is 0 Å². The van der Waals surface area contributed by atoms with Gasteiger partial charge < -0.3 is 18.9 Å². The van der Waals surface area contributed by atoms with Crippen LogP contribution in [0.5, 0.6) is 5.75 Å². The molecule has 0 unspecified atom stereocenters. The Kier molecular flexibility index (Phi) is 9.03. The van der Waals surface area contributed by atoms with Crippen LogP contribution in [0.4, 0.5) is 0 Å². The number of rotatable bonds is 12. The fourth-order valence-corrected chi connectivity index (χ4v) is 2.30. The molecule has 0 fully saturated rings. The van der Waals surface area contributed by atoms with Crippen molar-refractivity contribution in [3.63, 3.8) is 0 Å². The predicted octanol–water partition coefficient (Wildman–Crippen LogP) is 3.66. The Morgan fingerprint density at radius 1 is 0.652 bits per heavy atom. The lowest BCUT2D eigenvalue weighted by Crippen LogP contribution is -2.13. The van der Waals surface area contributed by atoms with Gasteiger partial charge in [0.15, 0.2) is 0 Å². The number of halogens is 1. The molecule has 2 aromatic carbocycles. The monoisotopic (exact) mass is 382 g/mol. The maximum atomic E-state index is 5.70. The summed E-state index contributed by atoms with van der Waals surface area (Å²) < 4.78 is 21.8. The maximum absolute atomic E-state index is 5.70. The lowest BCUT2D eigenvalue weighted by Gasteiger charge is -2.08. The quantitative estimate of drug-likeness (QED) is 0.414. The third-order valence-electron chi connectivity index (χ3n) is 3.18. The zero-order valence-electron chi connectivity index (χ0n) is 13.2. The molecule has 2 aromatic rings. The van der Waals surface area contributed by atoms with Crippen molar-refractivity contribution in [3.05, 3.63) is 42.5 Å². The fourth-order valence-electron chi connectivity index (χ4n) is 2.07. The Morgan fingerprint density at radius 2 is 1.26 bits per heavy atom. The van der Waals surface area contributed by atoms with Gasteiger partial charge in [-0.05, 0) is 22.9 Å². The standard InChI is InChI=1S/C18H23BrO4/c19-7-8-20-9-10-21-11-12-22-13-14-23-18-6-5-16-3-1-2-4-17(16)15-18/h1-6,15H,7-14H2. The van der Waals surface area contributed by atoms with E-state index in [9.17, 15) is 0 Å². The summed E-state index contributed by atoms with van der Waals surface area (Å²) in [5, 5.41) is 3.25. The summed E-state index contributed by atoms with van der Waals surface area (Å²) in [6.07, 6.45) is 0. The smallest absolute Gasteiger partial charge is 0.120 e. The van der Waals surface area contributed by atoms with Crippen LogP contribution in [0.2, 0.25) is 0 Å². The highest BCUT2D eigenvalue weighted by Gasteiger charge is 1.97. The molecule has 0 saturated heterocycles. The topological polar surface area (TPSA) is 36.9 Å². The highest BCUT2D eigenvalue weighted by Crippen LogP contribution is 2.20. The number of alkyl halides is 1. The molecule has 0 amide bonds. The zero-order valence-corrected chi connectivity index (χ0v) is 14.8. The van der Waals surface area contributed by atoms with Gasteiger partial charge in [-0.15, -0.1) is 0 Å². The van der Waals surface area contributed by atoms with Gasteiger partial charge in [0.1, 0.15) is 12.4 Å². The molecule has 0 spiro atoms. The molecule has 126 valence electrons. The minimum absolute atomic E-state index is 0.534. The van der Waals surface area contributed by atoms with Gasteiger partial charge in [0.05, 0.1) is 39.6 Å². The van der Waals surface area contributed by atoms with Crippen LogP contribution >= 0.6 is 15.9 Å². The summed E-state index contributed by atoms with van der Waals surface area (Å²) in [7, 11) is 0. The van der Waals surface area contributed by atoms with Gasteiger partial charge in [0, 0.05) is 5.33 Å². The number of ether oxygens (including phenoxy) is 4. The highest BCUT2D eigenvalue weighted by molar-refractivity contribution is 9.09. The molecule has 5 heteroatoms. The van der Waals surface area contributed by atoms with E-state index in [1.807, 2.05) is 24.3 Å². The van der Waals surface area contributed by atoms with E-state index in [0.717, 1.165) is 11.1 Å². The number of hydrogen-bond acceptors (Lipinski definition) is 4. The zero-order chi connectivity index (χ0) is 16.2. The van der Waals surface area contributed by atoms with E-state index < -0.39 is 0 Å². The number of hydrogen-bond donors (Lipinski definition) is 0. The van der Waals surface area contributed by atoms with Gasteiger partial charge >= 0.3 is 0 Å². The number of fused-ring (bicyclic) bond motifs is 1. The molecular weight excluding hydrogens is 360 g/mol. The third-order valence-corrected chi connectivity index (χ3v) is 3.51. The van der Waals surface area contributed by atoms with Crippen molar-refractivity contribution in [1.82, 2.24) is 0 Å². The van der Waals surface area contributed by atoms with Crippen LogP contribution < -0.4 is 4.74 Å². The molecule has 0 heterocycles. The van der Waals surface area contributed by atoms with E-state index in [0.29, 0.717) is 46.2 Å². The molecule has 0 N–H and O–H groups in total. The summed E-state index contributed by atoms with van der Waals surface area (Å²) in [6.45, 7) is 4.17. The van der Waals surface area contributed by atoms with E-state index in [4.69, 9.17) is 18.9 Å². The van der Waals surface area contributed by atoms with Crippen LogP contribution in [0.15, 0.2) is 42.5 Å². The third kappa shape index (κ3) is 7.31. The summed E-state index contributed by atoms with van der Waals surface area (Å²) in [5.41, 5.74) is 0. The molecule has 0 aliphatic rings. The molecule has 0 atom stereocenters. The average molecular weight is 383 g/mol. The summed E-state index contributed by atoms with van der Waals surface area (Å²) >= 11 is 3.30. The summed E-state index contributed by atoms with van der Waals surface area (Å²) in [4.78, 5) is 0. The molecule has 0 saturated carbocycles. The largest absolute Gasteiger partial charge is 0.491 e. The maximum Gasteiger partial charge on any atom is 0.120 e. The first-order chi connectivity index (χ1) is 11.4. The highest BCUT2D eigenvalue weighted by atomic mass is 79.9. The van der Waals surface area contributed by atoms with E-state index in [-0.39, 0.29) is 0 Å². The van der Waals surface area contributed by atoms with Gasteiger partial charge in [-0.25, -0.2) is 0 Å². The Labute approximate surface area is 145 Å². The number of benzene rings is 2. The van der Waals surface area contributed by atoms with Gasteiger partial charge in [-0.1, -0.05) is 46.3 Å². The first-order valence-electron chi connectivity index (χ1n) is 7.81. The summed E-state index contributed by atoms with van der Waals surface area (Å²) in [6, 6.07) is 14.3. The van der Waals surface area contributed by atoms with Gasteiger partial charge in [-0.3, -0.25) is 0 Å². The molecule has 0 aliphatic heterocycles. The predicted molar refractivity (Wildman–Crippen MR) is 95.7 cm³/mol. The normalized spacial score (nSPS) is 11.0. The Hall–Kier alpha value is -1.14. The Bertz CT molecular complexity index is 561. The van der Waals surface area contributed by atoms with Crippen molar-refractivity contribution in [2.45, 2.75) is 0 Å². The molecule has 0 aliphatic carbocycles. The van der Waals surface area contributed by atoms with E-state index in [1.54, 1.807) is 0 Å².